The molecular weight excluding hydrogens is 207 g/mol. The summed E-state index contributed by atoms with van der Waals surface area (Å²) in [6.07, 6.45) is 0. The lowest BCUT2D eigenvalue weighted by atomic mass is 10.3. The second-order valence-corrected chi connectivity index (χ2v) is 8.88. The standard InChI is InChI=1S/C12H19PS/c1-12(2,3)14-10-13(4)11-8-6-5-7-9-11/h5-9H,10H2,1-4H3. The van der Waals surface area contributed by atoms with Gasteiger partial charge in [-0.15, -0.1) is 0 Å². The summed E-state index contributed by atoms with van der Waals surface area (Å²) in [6.45, 7) is 9.22. The van der Waals surface area contributed by atoms with Gasteiger partial charge in [0.2, 0.25) is 0 Å². The maximum atomic E-state index is 2.36. The normalized spacial score (nSPS) is 14.0. The van der Waals surface area contributed by atoms with E-state index in [4.69, 9.17) is 0 Å². The quantitative estimate of drug-likeness (QED) is 0.704. The summed E-state index contributed by atoms with van der Waals surface area (Å²) in [4.78, 5) is 0. The van der Waals surface area contributed by atoms with Crippen LogP contribution in [0.15, 0.2) is 30.3 Å². The molecule has 0 nitrogen and oxygen atoms in total. The van der Waals surface area contributed by atoms with E-state index in [9.17, 15) is 0 Å². The van der Waals surface area contributed by atoms with Gasteiger partial charge in [-0.05, 0) is 12.0 Å². The van der Waals surface area contributed by atoms with Crippen molar-refractivity contribution in [3.63, 3.8) is 0 Å². The Labute approximate surface area is 93.2 Å². The molecule has 0 aromatic heterocycles. The predicted octanol–water partition coefficient (Wildman–Crippen LogP) is 3.91. The monoisotopic (exact) mass is 226 g/mol. The first-order valence-corrected chi connectivity index (χ1v) is 7.85. The number of hydrogen-bond donors (Lipinski definition) is 0. The average Bonchev–Trinajstić information content (AvgIpc) is 2.14. The van der Waals surface area contributed by atoms with Gasteiger partial charge in [-0.25, -0.2) is 0 Å². The summed E-state index contributed by atoms with van der Waals surface area (Å²) in [5.74, 6) is 0. The van der Waals surface area contributed by atoms with E-state index in [0.29, 0.717) is 4.75 Å². The lowest BCUT2D eigenvalue weighted by molar-refractivity contribution is 0.805. The zero-order valence-corrected chi connectivity index (χ0v) is 11.2. The molecule has 14 heavy (non-hydrogen) atoms. The zero-order chi connectivity index (χ0) is 10.6. The number of thioether (sulfide) groups is 1. The fraction of sp³-hybridized carbons (Fsp3) is 0.500. The van der Waals surface area contributed by atoms with Crippen LogP contribution in [0.3, 0.4) is 0 Å². The van der Waals surface area contributed by atoms with Gasteiger partial charge >= 0.3 is 0 Å². The molecule has 0 aliphatic carbocycles. The largest absolute Gasteiger partial charge is 0.151 e. The zero-order valence-electron chi connectivity index (χ0n) is 9.45. The van der Waals surface area contributed by atoms with Gasteiger partial charge in [0.15, 0.2) is 0 Å². The van der Waals surface area contributed by atoms with Gasteiger partial charge in [-0.3, -0.25) is 0 Å². The minimum atomic E-state index is 0.0230. The van der Waals surface area contributed by atoms with Crippen molar-refractivity contribution >= 4 is 25.0 Å². The van der Waals surface area contributed by atoms with E-state index in [1.165, 1.54) is 10.8 Å². The van der Waals surface area contributed by atoms with Gasteiger partial charge in [0.05, 0.1) is 0 Å². The van der Waals surface area contributed by atoms with Gasteiger partial charge < -0.3 is 0 Å². The second kappa shape index (κ2) is 5.19. The number of rotatable bonds is 3. The van der Waals surface area contributed by atoms with Crippen molar-refractivity contribution in [2.45, 2.75) is 25.5 Å². The Bertz CT molecular complexity index is 263. The SMILES string of the molecule is CP(CSC(C)(C)C)c1ccccc1. The van der Waals surface area contributed by atoms with Crippen LogP contribution >= 0.6 is 19.7 Å². The smallest absolute Gasteiger partial charge is 0.0179 e. The minimum Gasteiger partial charge on any atom is -0.151 e. The first-order valence-electron chi connectivity index (χ1n) is 4.89. The van der Waals surface area contributed by atoms with Crippen LogP contribution in [-0.4, -0.2) is 16.9 Å². The Balaban J connectivity index is 2.48. The van der Waals surface area contributed by atoms with Crippen LogP contribution in [0.5, 0.6) is 0 Å². The molecule has 0 N–H and O–H groups in total. The van der Waals surface area contributed by atoms with Crippen molar-refractivity contribution in [2.75, 3.05) is 12.2 Å². The van der Waals surface area contributed by atoms with Crippen molar-refractivity contribution in [3.8, 4) is 0 Å². The Morgan fingerprint density at radius 2 is 1.71 bits per heavy atom. The Morgan fingerprint density at radius 1 is 1.14 bits per heavy atom. The lowest BCUT2D eigenvalue weighted by Gasteiger charge is -2.21. The molecule has 0 bridgehead atoms. The van der Waals surface area contributed by atoms with Crippen molar-refractivity contribution in [1.82, 2.24) is 0 Å². The lowest BCUT2D eigenvalue weighted by Crippen LogP contribution is -2.09. The summed E-state index contributed by atoms with van der Waals surface area (Å²) in [6, 6.07) is 10.8. The summed E-state index contributed by atoms with van der Waals surface area (Å²) in [7, 11) is 0.0230. The molecule has 1 rings (SSSR count). The van der Waals surface area contributed by atoms with Crippen LogP contribution in [0.2, 0.25) is 0 Å². The van der Waals surface area contributed by atoms with Crippen molar-refractivity contribution in [3.05, 3.63) is 30.3 Å². The van der Waals surface area contributed by atoms with Gasteiger partial charge in [-0.2, -0.15) is 11.8 Å². The van der Waals surface area contributed by atoms with Gasteiger partial charge in [0, 0.05) is 10.2 Å². The molecule has 1 unspecified atom stereocenters. The fourth-order valence-electron chi connectivity index (χ4n) is 1.05. The first kappa shape index (κ1) is 12.1. The third-order valence-electron chi connectivity index (χ3n) is 1.89. The van der Waals surface area contributed by atoms with Crippen LogP contribution in [0.4, 0.5) is 0 Å². The van der Waals surface area contributed by atoms with Gasteiger partial charge in [-0.1, -0.05) is 59.0 Å². The molecule has 0 heterocycles. The van der Waals surface area contributed by atoms with Crippen LogP contribution in [0, 0.1) is 0 Å². The Morgan fingerprint density at radius 3 is 2.21 bits per heavy atom. The Hall–Kier alpha value is 0. The van der Waals surface area contributed by atoms with Crippen LogP contribution in [0.25, 0.3) is 0 Å². The third-order valence-corrected chi connectivity index (χ3v) is 6.00. The van der Waals surface area contributed by atoms with E-state index in [-0.39, 0.29) is 7.92 Å². The molecule has 0 aliphatic rings. The topological polar surface area (TPSA) is 0 Å². The second-order valence-electron chi connectivity index (χ2n) is 4.42. The fourth-order valence-corrected chi connectivity index (χ4v) is 4.65. The molecule has 78 valence electrons. The molecular formula is C12H19PS. The van der Waals surface area contributed by atoms with E-state index in [0.717, 1.165) is 0 Å². The van der Waals surface area contributed by atoms with Crippen LogP contribution < -0.4 is 5.30 Å². The summed E-state index contributed by atoms with van der Waals surface area (Å²) in [5, 5.41) is 1.51. The highest BCUT2D eigenvalue weighted by Gasteiger charge is 2.13. The van der Waals surface area contributed by atoms with Crippen LogP contribution in [0.1, 0.15) is 20.8 Å². The van der Waals surface area contributed by atoms with Gasteiger partial charge in [0.1, 0.15) is 0 Å². The van der Waals surface area contributed by atoms with Gasteiger partial charge in [0.25, 0.3) is 0 Å². The molecule has 0 radical (unpaired) electrons. The molecule has 2 heteroatoms. The molecule has 0 fully saturated rings. The van der Waals surface area contributed by atoms with Crippen LogP contribution in [-0.2, 0) is 0 Å². The first-order chi connectivity index (χ1) is 6.49. The van der Waals surface area contributed by atoms with E-state index in [2.05, 4.69) is 69.5 Å². The molecule has 0 aliphatic heterocycles. The highest BCUT2D eigenvalue weighted by atomic mass is 32.2. The Kier molecular flexibility index (Phi) is 4.47. The predicted molar refractivity (Wildman–Crippen MR) is 71.1 cm³/mol. The molecule has 1 aromatic rings. The maximum Gasteiger partial charge on any atom is 0.0179 e. The van der Waals surface area contributed by atoms with E-state index in [1.54, 1.807) is 0 Å². The molecule has 0 saturated heterocycles. The molecule has 1 atom stereocenters. The summed E-state index contributed by atoms with van der Waals surface area (Å²) in [5.41, 5.74) is 1.27. The van der Waals surface area contributed by atoms with E-state index < -0.39 is 0 Å². The summed E-state index contributed by atoms with van der Waals surface area (Å²) >= 11 is 2.07. The molecule has 0 saturated carbocycles. The number of hydrogen-bond acceptors (Lipinski definition) is 1. The van der Waals surface area contributed by atoms with E-state index in [1.807, 2.05) is 0 Å². The average molecular weight is 226 g/mol. The molecule has 1 aromatic carbocycles. The summed E-state index contributed by atoms with van der Waals surface area (Å²) < 4.78 is 0.394. The number of benzene rings is 1. The molecule has 0 amide bonds. The maximum absolute atomic E-state index is 2.36. The minimum absolute atomic E-state index is 0.0230. The van der Waals surface area contributed by atoms with Crippen molar-refractivity contribution < 1.29 is 0 Å². The van der Waals surface area contributed by atoms with Crippen molar-refractivity contribution in [2.24, 2.45) is 0 Å². The van der Waals surface area contributed by atoms with E-state index >= 15 is 0 Å². The highest BCUT2D eigenvalue weighted by molar-refractivity contribution is 8.06. The third kappa shape index (κ3) is 4.48. The highest BCUT2D eigenvalue weighted by Crippen LogP contribution is 2.38. The van der Waals surface area contributed by atoms with Crippen molar-refractivity contribution in [1.29, 1.82) is 0 Å². The molecule has 0 spiro atoms.